The van der Waals surface area contributed by atoms with Crippen molar-refractivity contribution in [1.29, 1.82) is 0 Å². The monoisotopic (exact) mass is 199 g/mol. The summed E-state index contributed by atoms with van der Waals surface area (Å²) < 4.78 is 24.0. The second kappa shape index (κ2) is 2.51. The first-order valence-corrected chi connectivity index (χ1v) is 5.16. The van der Waals surface area contributed by atoms with Gasteiger partial charge in [-0.2, -0.15) is 4.98 Å². The number of aryl methyl sites for hydroxylation is 1. The minimum atomic E-state index is -3.24. The molecule has 2 heterocycles. The molecule has 1 aromatic heterocycles. The first kappa shape index (κ1) is 8.15. The third-order valence-corrected chi connectivity index (χ3v) is 3.37. The van der Waals surface area contributed by atoms with Crippen LogP contribution in [0.2, 0.25) is 0 Å². The smallest absolute Gasteiger partial charge is 0.242 e. The lowest BCUT2D eigenvalue weighted by atomic mass is 10.7. The Hall–Kier alpha value is -1.46. The molecule has 0 spiro atoms. The van der Waals surface area contributed by atoms with E-state index in [1.165, 1.54) is 16.8 Å². The van der Waals surface area contributed by atoms with E-state index in [4.69, 9.17) is 0 Å². The summed E-state index contributed by atoms with van der Waals surface area (Å²) in [6, 6.07) is 0. The number of aromatic nitrogens is 2. The van der Waals surface area contributed by atoms with Crippen LogP contribution in [-0.4, -0.2) is 29.8 Å². The van der Waals surface area contributed by atoms with Gasteiger partial charge in [-0.15, -0.1) is 4.99 Å². The van der Waals surface area contributed by atoms with Crippen LogP contribution in [0.5, 0.6) is 0 Å². The molecule has 0 aromatic carbocycles. The lowest BCUT2D eigenvalue weighted by Crippen LogP contribution is -1.99. The molecule has 7 heteroatoms. The van der Waals surface area contributed by atoms with E-state index in [0.717, 1.165) is 0 Å². The average Bonchev–Trinajstić information content (AvgIpc) is 2.55. The molecular formula is C6H5N3O3S. The summed E-state index contributed by atoms with van der Waals surface area (Å²) in [6.45, 7) is 0.374. The van der Waals surface area contributed by atoms with E-state index in [0.29, 0.717) is 6.54 Å². The highest BCUT2D eigenvalue weighted by molar-refractivity contribution is 7.91. The molecule has 68 valence electrons. The molecule has 0 unspecified atom stereocenters. The standard InChI is InChI=1S/C6H5N3O3S/c10-4-7-5-3-9-1-2-13(11,12)6(9)8-5/h3H,1-2H2. The minimum Gasteiger partial charge on any atom is -0.319 e. The normalized spacial score (nSPS) is 17.8. The highest BCUT2D eigenvalue weighted by Gasteiger charge is 2.28. The van der Waals surface area contributed by atoms with E-state index in [2.05, 4.69) is 9.98 Å². The molecule has 0 saturated heterocycles. The van der Waals surface area contributed by atoms with Gasteiger partial charge in [0.2, 0.25) is 21.1 Å². The van der Waals surface area contributed by atoms with Crippen molar-refractivity contribution in [3.63, 3.8) is 0 Å². The molecule has 13 heavy (non-hydrogen) atoms. The van der Waals surface area contributed by atoms with E-state index in [1.807, 2.05) is 0 Å². The molecule has 0 fully saturated rings. The summed E-state index contributed by atoms with van der Waals surface area (Å²) in [7, 11) is -3.24. The van der Waals surface area contributed by atoms with Gasteiger partial charge in [0, 0.05) is 6.54 Å². The Balaban J connectivity index is 2.60. The van der Waals surface area contributed by atoms with Crippen LogP contribution in [0.4, 0.5) is 5.82 Å². The van der Waals surface area contributed by atoms with E-state index >= 15 is 0 Å². The summed E-state index contributed by atoms with van der Waals surface area (Å²) in [5.74, 6) is 0.161. The van der Waals surface area contributed by atoms with Crippen LogP contribution in [0.3, 0.4) is 0 Å². The van der Waals surface area contributed by atoms with Gasteiger partial charge in [-0.1, -0.05) is 0 Å². The predicted octanol–water partition coefficient (Wildman–Crippen LogP) is -0.362. The zero-order valence-corrected chi connectivity index (χ0v) is 7.28. The van der Waals surface area contributed by atoms with Gasteiger partial charge in [0.25, 0.3) is 0 Å². The molecule has 6 nitrogen and oxygen atoms in total. The van der Waals surface area contributed by atoms with Crippen molar-refractivity contribution in [2.45, 2.75) is 11.7 Å². The van der Waals surface area contributed by atoms with E-state index in [9.17, 15) is 13.2 Å². The molecule has 1 aromatic rings. The molecule has 0 aliphatic carbocycles. The lowest BCUT2D eigenvalue weighted by molar-refractivity contribution is 0.565. The zero-order chi connectivity index (χ0) is 9.47. The van der Waals surface area contributed by atoms with Gasteiger partial charge in [0.05, 0.1) is 11.9 Å². The largest absolute Gasteiger partial charge is 0.319 e. The third kappa shape index (κ3) is 1.18. The first-order valence-electron chi connectivity index (χ1n) is 3.51. The Bertz CT molecular complexity index is 495. The Morgan fingerprint density at radius 1 is 1.62 bits per heavy atom. The molecule has 2 rings (SSSR count). The highest BCUT2D eigenvalue weighted by Crippen LogP contribution is 2.22. The second-order valence-corrected chi connectivity index (χ2v) is 4.60. The predicted molar refractivity (Wildman–Crippen MR) is 42.1 cm³/mol. The molecule has 0 radical (unpaired) electrons. The number of imidazole rings is 1. The average molecular weight is 199 g/mol. The van der Waals surface area contributed by atoms with Gasteiger partial charge < -0.3 is 4.57 Å². The van der Waals surface area contributed by atoms with Crippen LogP contribution < -0.4 is 0 Å². The maximum absolute atomic E-state index is 11.2. The van der Waals surface area contributed by atoms with Gasteiger partial charge >= 0.3 is 0 Å². The number of nitrogens with zero attached hydrogens (tertiary/aromatic N) is 3. The Kier molecular flexibility index (Phi) is 1.58. The molecule has 0 N–H and O–H groups in total. The van der Waals surface area contributed by atoms with Crippen LogP contribution in [0.25, 0.3) is 0 Å². The molecule has 0 saturated carbocycles. The highest BCUT2D eigenvalue weighted by atomic mass is 32.2. The van der Waals surface area contributed by atoms with Gasteiger partial charge in [0.1, 0.15) is 0 Å². The molecule has 0 amide bonds. The molecular weight excluding hydrogens is 194 g/mol. The van der Waals surface area contributed by atoms with Crippen molar-refractivity contribution in [3.8, 4) is 0 Å². The van der Waals surface area contributed by atoms with E-state index in [1.54, 1.807) is 0 Å². The maximum Gasteiger partial charge on any atom is 0.242 e. The van der Waals surface area contributed by atoms with Gasteiger partial charge in [-0.05, 0) is 0 Å². The summed E-state index contributed by atoms with van der Waals surface area (Å²) in [6.07, 6.45) is 2.73. The van der Waals surface area contributed by atoms with Gasteiger partial charge in [-0.25, -0.2) is 13.2 Å². The van der Waals surface area contributed by atoms with Gasteiger partial charge in [-0.3, -0.25) is 0 Å². The van der Waals surface area contributed by atoms with Crippen LogP contribution in [-0.2, 0) is 21.2 Å². The number of aliphatic imine (C=N–C) groups is 1. The van der Waals surface area contributed by atoms with Crippen molar-refractivity contribution < 1.29 is 13.2 Å². The zero-order valence-electron chi connectivity index (χ0n) is 6.47. The summed E-state index contributed by atoms with van der Waals surface area (Å²) in [5.41, 5.74) is 0. The third-order valence-electron chi connectivity index (χ3n) is 1.77. The van der Waals surface area contributed by atoms with Crippen molar-refractivity contribution in [2.75, 3.05) is 5.75 Å². The van der Waals surface area contributed by atoms with Crippen molar-refractivity contribution in [1.82, 2.24) is 9.55 Å². The lowest BCUT2D eigenvalue weighted by Gasteiger charge is -1.86. The number of isocyanates is 1. The van der Waals surface area contributed by atoms with Crippen molar-refractivity contribution in [3.05, 3.63) is 6.20 Å². The van der Waals surface area contributed by atoms with E-state index < -0.39 is 9.84 Å². The number of hydrogen-bond acceptors (Lipinski definition) is 5. The number of fused-ring (bicyclic) bond motifs is 1. The second-order valence-electron chi connectivity index (χ2n) is 2.60. The maximum atomic E-state index is 11.2. The number of hydrogen-bond donors (Lipinski definition) is 0. The fraction of sp³-hybridized carbons (Fsp3) is 0.333. The quantitative estimate of drug-likeness (QED) is 0.456. The van der Waals surface area contributed by atoms with Crippen LogP contribution in [0.1, 0.15) is 0 Å². The van der Waals surface area contributed by atoms with Crippen molar-refractivity contribution in [2.24, 2.45) is 4.99 Å². The fourth-order valence-corrected chi connectivity index (χ4v) is 2.56. The number of sulfone groups is 1. The molecule has 1 aliphatic heterocycles. The van der Waals surface area contributed by atoms with Crippen molar-refractivity contribution >= 4 is 21.7 Å². The Morgan fingerprint density at radius 3 is 3.00 bits per heavy atom. The number of rotatable bonds is 1. The SMILES string of the molecule is O=C=Nc1cn2c(n1)S(=O)(=O)CC2. The topological polar surface area (TPSA) is 81.4 Å². The van der Waals surface area contributed by atoms with Gasteiger partial charge in [0.15, 0.2) is 5.82 Å². The molecule has 0 atom stereocenters. The Morgan fingerprint density at radius 2 is 2.38 bits per heavy atom. The van der Waals surface area contributed by atoms with E-state index in [-0.39, 0.29) is 16.7 Å². The summed E-state index contributed by atoms with van der Waals surface area (Å²) >= 11 is 0. The molecule has 1 aliphatic rings. The first-order chi connectivity index (χ1) is 6.13. The van der Waals surface area contributed by atoms with Crippen LogP contribution in [0.15, 0.2) is 16.3 Å². The number of carbonyl (C=O) groups excluding carboxylic acids is 1. The summed E-state index contributed by atoms with van der Waals surface area (Å²) in [4.78, 5) is 16.8. The minimum absolute atomic E-state index is 0.0125. The van der Waals surface area contributed by atoms with Crippen LogP contribution in [0, 0.1) is 0 Å². The molecule has 0 bridgehead atoms. The summed E-state index contributed by atoms with van der Waals surface area (Å²) in [5, 5.41) is -0.0125. The van der Waals surface area contributed by atoms with Crippen LogP contribution >= 0.6 is 0 Å². The Labute approximate surface area is 73.8 Å². The fourth-order valence-electron chi connectivity index (χ4n) is 1.20.